The Morgan fingerprint density at radius 2 is 2.46 bits per heavy atom. The summed E-state index contributed by atoms with van der Waals surface area (Å²) in [5.41, 5.74) is 0.863. The number of anilines is 1. The average Bonchev–Trinajstić information content (AvgIpc) is 2.68. The molecular weight excluding hydrogens is 168 g/mol. The van der Waals surface area contributed by atoms with Gasteiger partial charge in [0.15, 0.2) is 0 Å². The Morgan fingerprint density at radius 3 is 2.92 bits per heavy atom. The quantitative estimate of drug-likeness (QED) is 0.751. The van der Waals surface area contributed by atoms with E-state index in [1.807, 2.05) is 6.92 Å². The molecule has 4 heteroatoms. The van der Waals surface area contributed by atoms with Gasteiger partial charge in [-0.25, -0.2) is 0 Å². The normalized spacial score (nSPS) is 25.7. The summed E-state index contributed by atoms with van der Waals surface area (Å²) in [7, 11) is 0. The van der Waals surface area contributed by atoms with Crippen LogP contribution in [0.5, 0.6) is 0 Å². The van der Waals surface area contributed by atoms with Crippen LogP contribution in [0.2, 0.25) is 0 Å². The van der Waals surface area contributed by atoms with Crippen molar-refractivity contribution in [3.05, 3.63) is 11.8 Å². The summed E-state index contributed by atoms with van der Waals surface area (Å²) in [6.07, 6.45) is 2.57. The highest BCUT2D eigenvalue weighted by atomic mass is 16.5. The van der Waals surface area contributed by atoms with Gasteiger partial charge in [-0.15, -0.1) is 0 Å². The number of carbonyl (C=O) groups is 1. The van der Waals surface area contributed by atoms with Gasteiger partial charge in [-0.2, -0.15) is 0 Å². The van der Waals surface area contributed by atoms with E-state index in [9.17, 15) is 4.79 Å². The molecule has 13 heavy (non-hydrogen) atoms. The molecule has 1 saturated carbocycles. The van der Waals surface area contributed by atoms with Gasteiger partial charge in [-0.05, 0) is 19.3 Å². The molecule has 0 unspecified atom stereocenters. The molecule has 0 saturated heterocycles. The number of aromatic nitrogens is 1. The van der Waals surface area contributed by atoms with Gasteiger partial charge < -0.3 is 4.52 Å². The van der Waals surface area contributed by atoms with Crippen molar-refractivity contribution in [1.82, 2.24) is 5.16 Å². The largest absolute Gasteiger partial charge is 0.338 e. The molecule has 1 amide bonds. The number of nitrogens with one attached hydrogen (secondary N) is 1. The van der Waals surface area contributed by atoms with Gasteiger partial charge in [0.05, 0.1) is 6.20 Å². The van der Waals surface area contributed by atoms with Crippen molar-refractivity contribution in [2.24, 2.45) is 11.8 Å². The van der Waals surface area contributed by atoms with E-state index in [1.54, 1.807) is 6.20 Å². The van der Waals surface area contributed by atoms with Gasteiger partial charge in [0.1, 0.15) is 0 Å². The second-order valence-corrected chi connectivity index (χ2v) is 3.65. The highest BCUT2D eigenvalue weighted by Gasteiger charge is 2.39. The lowest BCUT2D eigenvalue weighted by molar-refractivity contribution is -0.117. The number of hydrogen-bond donors (Lipinski definition) is 1. The second-order valence-electron chi connectivity index (χ2n) is 3.65. The molecule has 4 nitrogen and oxygen atoms in total. The molecular formula is C9H12N2O2. The van der Waals surface area contributed by atoms with Crippen molar-refractivity contribution in [2.75, 3.05) is 5.32 Å². The number of nitrogens with zero attached hydrogens (tertiary/aromatic N) is 1. The Hall–Kier alpha value is -1.32. The van der Waals surface area contributed by atoms with Crippen LogP contribution in [0.15, 0.2) is 10.7 Å². The van der Waals surface area contributed by atoms with Crippen molar-refractivity contribution in [2.45, 2.75) is 20.3 Å². The van der Waals surface area contributed by atoms with Crippen molar-refractivity contribution < 1.29 is 9.32 Å². The van der Waals surface area contributed by atoms with E-state index in [2.05, 4.69) is 17.4 Å². The topological polar surface area (TPSA) is 55.1 Å². The van der Waals surface area contributed by atoms with Crippen molar-refractivity contribution in [3.63, 3.8) is 0 Å². The lowest BCUT2D eigenvalue weighted by atomic mass is 10.3. The molecule has 1 aliphatic rings. The lowest BCUT2D eigenvalue weighted by Crippen LogP contribution is -2.14. The molecule has 2 rings (SSSR count). The zero-order valence-electron chi connectivity index (χ0n) is 7.70. The van der Waals surface area contributed by atoms with Gasteiger partial charge in [-0.3, -0.25) is 10.1 Å². The van der Waals surface area contributed by atoms with Crippen LogP contribution in [0.3, 0.4) is 0 Å². The monoisotopic (exact) mass is 180 g/mol. The summed E-state index contributed by atoms with van der Waals surface area (Å²) in [5, 5.41) is 6.30. The highest BCUT2D eigenvalue weighted by Crippen LogP contribution is 2.38. The number of amides is 1. The summed E-state index contributed by atoms with van der Waals surface area (Å²) in [6, 6.07) is 0. The molecule has 1 fully saturated rings. The lowest BCUT2D eigenvalue weighted by Gasteiger charge is -1.99. The first kappa shape index (κ1) is 8.29. The van der Waals surface area contributed by atoms with Crippen LogP contribution in [0, 0.1) is 18.8 Å². The first-order chi connectivity index (χ1) is 6.18. The minimum atomic E-state index is 0.0485. The third-order valence-corrected chi connectivity index (χ3v) is 2.43. The number of aryl methyl sites for hydroxylation is 1. The van der Waals surface area contributed by atoms with Crippen LogP contribution in [0.25, 0.3) is 0 Å². The molecule has 1 heterocycles. The standard InChI is InChI=1S/C9H12N2O2/c1-5-3-7(5)8(12)11-9-6(2)4-10-13-9/h4-5,7H,3H2,1-2H3,(H,11,12)/t5-,7-/m0/s1. The molecule has 1 aromatic rings. The SMILES string of the molecule is Cc1cnoc1NC(=O)[C@H]1C[C@@H]1C. The Morgan fingerprint density at radius 1 is 1.77 bits per heavy atom. The van der Waals surface area contributed by atoms with Gasteiger partial charge >= 0.3 is 0 Å². The predicted molar refractivity (Wildman–Crippen MR) is 47.1 cm³/mol. The zero-order valence-corrected chi connectivity index (χ0v) is 7.70. The van der Waals surface area contributed by atoms with Crippen molar-refractivity contribution >= 4 is 11.8 Å². The molecule has 70 valence electrons. The minimum Gasteiger partial charge on any atom is -0.338 e. The fourth-order valence-corrected chi connectivity index (χ4v) is 1.30. The van der Waals surface area contributed by atoms with Gasteiger partial charge in [0.2, 0.25) is 11.8 Å². The van der Waals surface area contributed by atoms with E-state index in [4.69, 9.17) is 4.52 Å². The Labute approximate surface area is 76.3 Å². The Kier molecular flexibility index (Phi) is 1.83. The van der Waals surface area contributed by atoms with Crippen LogP contribution in [-0.2, 0) is 4.79 Å². The molecule has 1 aromatic heterocycles. The highest BCUT2D eigenvalue weighted by molar-refractivity contribution is 5.93. The fourth-order valence-electron chi connectivity index (χ4n) is 1.30. The summed E-state index contributed by atoms with van der Waals surface area (Å²) < 4.78 is 4.87. The van der Waals surface area contributed by atoms with Crippen molar-refractivity contribution in [1.29, 1.82) is 0 Å². The number of rotatable bonds is 2. The van der Waals surface area contributed by atoms with Gasteiger partial charge in [-0.1, -0.05) is 12.1 Å². The molecule has 1 N–H and O–H groups in total. The molecule has 0 spiro atoms. The maximum absolute atomic E-state index is 11.4. The van der Waals surface area contributed by atoms with E-state index >= 15 is 0 Å². The van der Waals surface area contributed by atoms with E-state index in [0.29, 0.717) is 11.8 Å². The average molecular weight is 180 g/mol. The maximum Gasteiger partial charge on any atom is 0.234 e. The summed E-state index contributed by atoms with van der Waals surface area (Å²) in [4.78, 5) is 11.4. The van der Waals surface area contributed by atoms with E-state index < -0.39 is 0 Å². The van der Waals surface area contributed by atoms with Crippen LogP contribution < -0.4 is 5.32 Å². The Bertz CT molecular complexity index is 332. The number of hydrogen-bond acceptors (Lipinski definition) is 3. The van der Waals surface area contributed by atoms with Gasteiger partial charge in [0.25, 0.3) is 0 Å². The van der Waals surface area contributed by atoms with Gasteiger partial charge in [0, 0.05) is 11.5 Å². The van der Waals surface area contributed by atoms with Crippen LogP contribution in [-0.4, -0.2) is 11.1 Å². The third-order valence-electron chi connectivity index (χ3n) is 2.43. The van der Waals surface area contributed by atoms with E-state index in [-0.39, 0.29) is 11.8 Å². The summed E-state index contributed by atoms with van der Waals surface area (Å²) in [6.45, 7) is 3.92. The number of carbonyl (C=O) groups excluding carboxylic acids is 1. The van der Waals surface area contributed by atoms with Crippen LogP contribution in [0.4, 0.5) is 5.88 Å². The molecule has 0 aromatic carbocycles. The summed E-state index contributed by atoms with van der Waals surface area (Å²) >= 11 is 0. The minimum absolute atomic E-state index is 0.0485. The molecule has 0 bridgehead atoms. The molecule has 2 atom stereocenters. The van der Waals surface area contributed by atoms with E-state index in [1.165, 1.54) is 0 Å². The van der Waals surface area contributed by atoms with Crippen molar-refractivity contribution in [3.8, 4) is 0 Å². The third kappa shape index (κ3) is 1.56. The Balaban J connectivity index is 1.99. The smallest absolute Gasteiger partial charge is 0.234 e. The summed E-state index contributed by atoms with van der Waals surface area (Å²) in [5.74, 6) is 1.21. The molecule has 0 aliphatic heterocycles. The maximum atomic E-state index is 11.4. The molecule has 1 aliphatic carbocycles. The molecule has 0 radical (unpaired) electrons. The van der Waals surface area contributed by atoms with Crippen LogP contribution in [0.1, 0.15) is 18.9 Å². The fraction of sp³-hybridized carbons (Fsp3) is 0.556. The van der Waals surface area contributed by atoms with E-state index in [0.717, 1.165) is 12.0 Å². The van der Waals surface area contributed by atoms with Crippen LogP contribution >= 0.6 is 0 Å². The predicted octanol–water partition coefficient (Wildman–Crippen LogP) is 1.58. The second kappa shape index (κ2) is 2.87. The first-order valence-electron chi connectivity index (χ1n) is 4.40. The first-order valence-corrected chi connectivity index (χ1v) is 4.40. The zero-order chi connectivity index (χ0) is 9.42.